The van der Waals surface area contributed by atoms with Gasteiger partial charge in [-0.2, -0.15) is 5.10 Å². The fourth-order valence-corrected chi connectivity index (χ4v) is 2.50. The van der Waals surface area contributed by atoms with Crippen LogP contribution in [-0.2, 0) is 11.8 Å². The molecule has 1 amide bonds. The molecule has 10 nitrogen and oxygen atoms in total. The topological polar surface area (TPSA) is 117 Å². The van der Waals surface area contributed by atoms with E-state index in [4.69, 9.17) is 9.47 Å². The number of rotatable bonds is 9. The van der Waals surface area contributed by atoms with Gasteiger partial charge < -0.3 is 19.5 Å². The molecule has 1 aromatic carbocycles. The van der Waals surface area contributed by atoms with Gasteiger partial charge in [-0.15, -0.1) is 0 Å². The Morgan fingerprint density at radius 3 is 2.47 bits per heavy atom. The number of aromatic nitrogens is 4. The van der Waals surface area contributed by atoms with Gasteiger partial charge in [0.15, 0.2) is 17.6 Å². The Labute approximate surface area is 181 Å². The molecule has 0 saturated carbocycles. The molecule has 0 radical (unpaired) electrons. The van der Waals surface area contributed by atoms with Crippen LogP contribution in [0.1, 0.15) is 20.8 Å². The van der Waals surface area contributed by atoms with Crippen molar-refractivity contribution in [2.75, 3.05) is 25.8 Å². The van der Waals surface area contributed by atoms with E-state index in [0.29, 0.717) is 5.82 Å². The molecule has 32 heavy (non-hydrogen) atoms. The quantitative estimate of drug-likeness (QED) is 0.498. The van der Waals surface area contributed by atoms with Crippen LogP contribution in [0.3, 0.4) is 0 Å². The first-order valence-corrected chi connectivity index (χ1v) is 9.24. The number of anilines is 1. The molecular weight excluding hydrogens is 428 g/mol. The van der Waals surface area contributed by atoms with Gasteiger partial charge in [-0.3, -0.25) is 9.48 Å². The monoisotopic (exact) mass is 447 g/mol. The number of methoxy groups -OCH3 is 1. The SMILES string of the molecule is COC(=O)c1cnc(Oc2cc(OC(CF)CF)cc(C(=O)Nc3ccn(C)n3)c2)cn1. The van der Waals surface area contributed by atoms with Crippen LogP contribution >= 0.6 is 0 Å². The van der Waals surface area contributed by atoms with Crippen molar-refractivity contribution in [3.63, 3.8) is 0 Å². The van der Waals surface area contributed by atoms with Crippen LogP contribution in [-0.4, -0.2) is 58.2 Å². The molecule has 3 rings (SSSR count). The molecule has 168 valence electrons. The first-order chi connectivity index (χ1) is 15.4. The minimum absolute atomic E-state index is 0.00146. The number of ether oxygens (including phenoxy) is 3. The zero-order chi connectivity index (χ0) is 23.1. The molecule has 0 bridgehead atoms. The number of nitrogens with one attached hydrogen (secondary N) is 1. The van der Waals surface area contributed by atoms with Gasteiger partial charge in [-0.1, -0.05) is 0 Å². The molecule has 3 aromatic rings. The maximum atomic E-state index is 12.9. The van der Waals surface area contributed by atoms with E-state index >= 15 is 0 Å². The number of hydrogen-bond donors (Lipinski definition) is 1. The molecule has 0 aliphatic rings. The zero-order valence-electron chi connectivity index (χ0n) is 17.1. The highest BCUT2D eigenvalue weighted by atomic mass is 19.1. The summed E-state index contributed by atoms with van der Waals surface area (Å²) in [6, 6.07) is 5.62. The van der Waals surface area contributed by atoms with Crippen LogP contribution in [0.4, 0.5) is 14.6 Å². The summed E-state index contributed by atoms with van der Waals surface area (Å²) in [6.45, 7) is -2.12. The summed E-state index contributed by atoms with van der Waals surface area (Å²) in [5.41, 5.74) is 0.0554. The van der Waals surface area contributed by atoms with E-state index in [-0.39, 0.29) is 28.6 Å². The molecule has 2 aromatic heterocycles. The second-order valence-corrected chi connectivity index (χ2v) is 6.40. The summed E-state index contributed by atoms with van der Waals surface area (Å²) in [7, 11) is 2.90. The van der Waals surface area contributed by atoms with Gasteiger partial charge in [0.1, 0.15) is 24.8 Å². The summed E-state index contributed by atoms with van der Waals surface area (Å²) in [6.07, 6.45) is 2.64. The lowest BCUT2D eigenvalue weighted by molar-refractivity contribution is 0.0593. The summed E-state index contributed by atoms with van der Waals surface area (Å²) in [5, 5.41) is 6.66. The Balaban J connectivity index is 1.87. The number of halogens is 2. The molecule has 0 aliphatic heterocycles. The van der Waals surface area contributed by atoms with Crippen LogP contribution in [0.5, 0.6) is 17.4 Å². The van der Waals surface area contributed by atoms with Gasteiger partial charge in [-0.25, -0.2) is 23.5 Å². The van der Waals surface area contributed by atoms with Crippen molar-refractivity contribution in [3.8, 4) is 17.4 Å². The van der Waals surface area contributed by atoms with Crippen LogP contribution in [0, 0.1) is 0 Å². The highest BCUT2D eigenvalue weighted by Crippen LogP contribution is 2.28. The standard InChI is InChI=1S/C20H19F2N5O5/c1-27-4-3-17(26-27)25-19(28)12-5-13(31-15(8-21)9-22)7-14(6-12)32-18-11-23-16(10-24-18)20(29)30-2/h3-7,10-11,15H,8-9H2,1-2H3,(H,25,26,28). The first-order valence-electron chi connectivity index (χ1n) is 9.24. The Hall–Kier alpha value is -4.09. The number of nitrogens with zero attached hydrogens (tertiary/aromatic N) is 4. The number of hydrogen-bond acceptors (Lipinski definition) is 8. The summed E-state index contributed by atoms with van der Waals surface area (Å²) < 4.78 is 42.8. The number of aryl methyl sites for hydroxylation is 1. The third kappa shape index (κ3) is 5.74. The van der Waals surface area contributed by atoms with Crippen molar-refractivity contribution in [1.82, 2.24) is 19.7 Å². The Bertz CT molecular complexity index is 1090. The molecule has 12 heteroatoms. The van der Waals surface area contributed by atoms with Gasteiger partial charge in [0, 0.05) is 30.9 Å². The third-order valence-corrected chi connectivity index (χ3v) is 3.99. The Morgan fingerprint density at radius 1 is 1.12 bits per heavy atom. The Kier molecular flexibility index (Phi) is 7.26. The normalized spacial score (nSPS) is 10.7. The molecule has 0 spiro atoms. The molecule has 0 atom stereocenters. The molecule has 0 saturated heterocycles. The Morgan fingerprint density at radius 2 is 1.88 bits per heavy atom. The number of carbonyl (C=O) groups excluding carboxylic acids is 2. The fourth-order valence-electron chi connectivity index (χ4n) is 2.50. The number of benzene rings is 1. The average Bonchev–Trinajstić information content (AvgIpc) is 3.21. The number of alkyl halides is 2. The van der Waals surface area contributed by atoms with E-state index in [9.17, 15) is 18.4 Å². The van der Waals surface area contributed by atoms with Gasteiger partial charge in [0.05, 0.1) is 19.5 Å². The van der Waals surface area contributed by atoms with Crippen LogP contribution in [0.25, 0.3) is 0 Å². The molecule has 2 heterocycles. The lowest BCUT2D eigenvalue weighted by Gasteiger charge is -2.15. The average molecular weight is 447 g/mol. The van der Waals surface area contributed by atoms with E-state index in [1.54, 1.807) is 19.3 Å². The van der Waals surface area contributed by atoms with Crippen molar-refractivity contribution in [3.05, 3.63) is 54.1 Å². The second kappa shape index (κ2) is 10.3. The highest BCUT2D eigenvalue weighted by Gasteiger charge is 2.16. The molecule has 0 unspecified atom stereocenters. The van der Waals surface area contributed by atoms with Gasteiger partial charge in [0.2, 0.25) is 5.88 Å². The van der Waals surface area contributed by atoms with E-state index in [1.807, 2.05) is 0 Å². The second-order valence-electron chi connectivity index (χ2n) is 6.40. The largest absolute Gasteiger partial charge is 0.485 e. The van der Waals surface area contributed by atoms with Crippen molar-refractivity contribution >= 4 is 17.7 Å². The van der Waals surface area contributed by atoms with Crippen molar-refractivity contribution in [1.29, 1.82) is 0 Å². The minimum Gasteiger partial charge on any atom is -0.485 e. The summed E-state index contributed by atoms with van der Waals surface area (Å²) in [5.74, 6) is -0.822. The smallest absolute Gasteiger partial charge is 0.358 e. The van der Waals surface area contributed by atoms with E-state index in [2.05, 4.69) is 25.1 Å². The third-order valence-electron chi connectivity index (χ3n) is 3.99. The van der Waals surface area contributed by atoms with Crippen LogP contribution in [0.2, 0.25) is 0 Å². The predicted molar refractivity (Wildman–Crippen MR) is 107 cm³/mol. The van der Waals surface area contributed by atoms with Gasteiger partial charge in [-0.05, 0) is 12.1 Å². The van der Waals surface area contributed by atoms with E-state index in [1.165, 1.54) is 36.2 Å². The first kappa shape index (κ1) is 22.6. The summed E-state index contributed by atoms with van der Waals surface area (Å²) in [4.78, 5) is 32.0. The molecular formula is C20H19F2N5O5. The minimum atomic E-state index is -1.34. The maximum absolute atomic E-state index is 12.9. The number of carbonyl (C=O) groups is 2. The van der Waals surface area contributed by atoms with E-state index in [0.717, 1.165) is 6.20 Å². The van der Waals surface area contributed by atoms with Crippen molar-refractivity contribution in [2.24, 2.45) is 7.05 Å². The molecule has 0 aliphatic carbocycles. The number of esters is 1. The fraction of sp³-hybridized carbons (Fsp3) is 0.250. The summed E-state index contributed by atoms with van der Waals surface area (Å²) >= 11 is 0. The predicted octanol–water partition coefficient (Wildman–Crippen LogP) is 2.73. The van der Waals surface area contributed by atoms with Crippen molar-refractivity contribution in [2.45, 2.75) is 6.10 Å². The lowest BCUT2D eigenvalue weighted by atomic mass is 10.2. The lowest BCUT2D eigenvalue weighted by Crippen LogP contribution is -2.21. The van der Waals surface area contributed by atoms with Gasteiger partial charge in [0.25, 0.3) is 5.91 Å². The molecule has 0 fully saturated rings. The van der Waals surface area contributed by atoms with Gasteiger partial charge >= 0.3 is 5.97 Å². The van der Waals surface area contributed by atoms with E-state index < -0.39 is 31.3 Å². The highest BCUT2D eigenvalue weighted by molar-refractivity contribution is 6.04. The van der Waals surface area contributed by atoms with Crippen molar-refractivity contribution < 1.29 is 32.6 Å². The number of amides is 1. The maximum Gasteiger partial charge on any atom is 0.358 e. The zero-order valence-corrected chi connectivity index (χ0v) is 17.1. The van der Waals surface area contributed by atoms with Crippen LogP contribution < -0.4 is 14.8 Å². The van der Waals surface area contributed by atoms with Crippen LogP contribution in [0.15, 0.2) is 42.9 Å². The molecule has 1 N–H and O–H groups in total.